The van der Waals surface area contributed by atoms with Crippen molar-refractivity contribution in [1.82, 2.24) is 0 Å². The lowest BCUT2D eigenvalue weighted by molar-refractivity contribution is -0.165. The van der Waals surface area contributed by atoms with E-state index >= 15 is 0 Å². The lowest BCUT2D eigenvalue weighted by Crippen LogP contribution is -2.32. The number of ether oxygens (including phenoxy) is 4. The summed E-state index contributed by atoms with van der Waals surface area (Å²) in [6.45, 7) is 5.99. The van der Waals surface area contributed by atoms with Crippen LogP contribution in [0.1, 0.15) is 12.0 Å². The third-order valence-electron chi connectivity index (χ3n) is 4.15. The van der Waals surface area contributed by atoms with Crippen molar-refractivity contribution >= 4 is 10.8 Å². The van der Waals surface area contributed by atoms with Crippen LogP contribution in [-0.2, 0) is 15.9 Å². The Morgan fingerprint density at radius 3 is 2.74 bits per heavy atom. The van der Waals surface area contributed by atoms with Gasteiger partial charge in [-0.05, 0) is 18.1 Å². The molecule has 0 saturated carbocycles. The average molecular weight is 312 g/mol. The molecule has 4 rings (SSSR count). The Bertz CT molecular complexity index is 717. The molecular weight excluding hydrogens is 292 g/mol. The minimum atomic E-state index is -0.145. The number of epoxide rings is 1. The Morgan fingerprint density at radius 2 is 2.04 bits per heavy atom. The molecule has 0 radical (unpaired) electrons. The molecule has 2 aliphatic heterocycles. The Hall–Kier alpha value is -2.04. The Labute approximate surface area is 135 Å². The van der Waals surface area contributed by atoms with Crippen molar-refractivity contribution in [3.05, 3.63) is 48.6 Å². The first-order valence-electron chi connectivity index (χ1n) is 8.03. The van der Waals surface area contributed by atoms with Gasteiger partial charge in [0.05, 0.1) is 13.2 Å². The summed E-state index contributed by atoms with van der Waals surface area (Å²) in [5.74, 6) is 1.74. The summed E-state index contributed by atoms with van der Waals surface area (Å²) in [6.07, 6.45) is 3.68. The minimum Gasteiger partial charge on any atom is -0.490 e. The molecule has 2 unspecified atom stereocenters. The maximum absolute atomic E-state index is 6.09. The molecule has 0 aliphatic carbocycles. The molecule has 4 nitrogen and oxygen atoms in total. The standard InChI is InChI=1S/C19H20O4/c1-2-4-13-7-8-15-16(19(13)23-18-9-10-20-18)5-3-6-17(15)22-12-14-11-21-14/h2-3,5-8,14,18H,1,4,9-12H2. The van der Waals surface area contributed by atoms with Crippen molar-refractivity contribution in [3.8, 4) is 11.5 Å². The van der Waals surface area contributed by atoms with Gasteiger partial charge in [0, 0.05) is 17.2 Å². The highest BCUT2D eigenvalue weighted by atomic mass is 16.7. The van der Waals surface area contributed by atoms with Gasteiger partial charge in [0.1, 0.15) is 24.2 Å². The largest absolute Gasteiger partial charge is 0.490 e. The highest BCUT2D eigenvalue weighted by molar-refractivity contribution is 5.94. The van der Waals surface area contributed by atoms with Gasteiger partial charge in [-0.3, -0.25) is 0 Å². The van der Waals surface area contributed by atoms with Gasteiger partial charge < -0.3 is 18.9 Å². The summed E-state index contributed by atoms with van der Waals surface area (Å²) in [7, 11) is 0. The second kappa shape index (κ2) is 6.22. The number of fused-ring (bicyclic) bond motifs is 1. The van der Waals surface area contributed by atoms with Gasteiger partial charge in [-0.1, -0.05) is 30.3 Å². The van der Waals surface area contributed by atoms with Crippen molar-refractivity contribution in [2.75, 3.05) is 19.8 Å². The average Bonchev–Trinajstić information content (AvgIpc) is 3.34. The van der Waals surface area contributed by atoms with Crippen molar-refractivity contribution in [1.29, 1.82) is 0 Å². The molecular formula is C19H20O4. The summed E-state index contributed by atoms with van der Waals surface area (Å²) >= 11 is 0. The van der Waals surface area contributed by atoms with Crippen LogP contribution >= 0.6 is 0 Å². The number of benzene rings is 2. The molecule has 0 aromatic heterocycles. The van der Waals surface area contributed by atoms with Crippen molar-refractivity contribution in [3.63, 3.8) is 0 Å². The molecule has 2 heterocycles. The molecule has 0 N–H and O–H groups in total. The van der Waals surface area contributed by atoms with Crippen LogP contribution in [0, 0.1) is 0 Å². The fourth-order valence-corrected chi connectivity index (χ4v) is 2.71. The summed E-state index contributed by atoms with van der Waals surface area (Å²) in [6, 6.07) is 10.2. The minimum absolute atomic E-state index is 0.145. The molecule has 2 fully saturated rings. The fourth-order valence-electron chi connectivity index (χ4n) is 2.71. The smallest absolute Gasteiger partial charge is 0.202 e. The highest BCUT2D eigenvalue weighted by Gasteiger charge is 2.25. The van der Waals surface area contributed by atoms with Gasteiger partial charge in [0.2, 0.25) is 6.29 Å². The van der Waals surface area contributed by atoms with Gasteiger partial charge in [-0.2, -0.15) is 0 Å². The molecule has 4 heteroatoms. The zero-order valence-corrected chi connectivity index (χ0v) is 13.0. The Morgan fingerprint density at radius 1 is 1.17 bits per heavy atom. The van der Waals surface area contributed by atoms with Crippen molar-refractivity contribution in [2.24, 2.45) is 0 Å². The van der Waals surface area contributed by atoms with E-state index in [-0.39, 0.29) is 12.4 Å². The number of allylic oxidation sites excluding steroid dienone is 1. The summed E-state index contributed by atoms with van der Waals surface area (Å²) in [4.78, 5) is 0. The van der Waals surface area contributed by atoms with E-state index in [2.05, 4.69) is 24.8 Å². The maximum Gasteiger partial charge on any atom is 0.202 e. The summed E-state index contributed by atoms with van der Waals surface area (Å²) in [5.41, 5.74) is 1.12. The lowest BCUT2D eigenvalue weighted by atomic mass is 10.0. The van der Waals surface area contributed by atoms with Crippen LogP contribution in [-0.4, -0.2) is 32.2 Å². The van der Waals surface area contributed by atoms with Gasteiger partial charge >= 0.3 is 0 Å². The molecule has 0 spiro atoms. The number of rotatable bonds is 7. The zero-order valence-electron chi connectivity index (χ0n) is 13.0. The second-order valence-electron chi connectivity index (χ2n) is 5.87. The lowest BCUT2D eigenvalue weighted by Gasteiger charge is -2.28. The first kappa shape index (κ1) is 14.5. The first-order chi connectivity index (χ1) is 11.3. The normalized spacial score (nSPS) is 22.4. The van der Waals surface area contributed by atoms with E-state index in [1.54, 1.807) is 0 Å². The molecule has 2 saturated heterocycles. The summed E-state index contributed by atoms with van der Waals surface area (Å²) in [5, 5.41) is 2.10. The zero-order chi connectivity index (χ0) is 15.6. The van der Waals surface area contributed by atoms with Crippen molar-refractivity contribution in [2.45, 2.75) is 25.2 Å². The molecule has 2 aromatic carbocycles. The van der Waals surface area contributed by atoms with Crippen LogP contribution in [0.3, 0.4) is 0 Å². The predicted octanol–water partition coefficient (Wildman–Crippen LogP) is 3.47. The fraction of sp³-hybridized carbons (Fsp3) is 0.368. The van der Waals surface area contributed by atoms with E-state index < -0.39 is 0 Å². The second-order valence-corrected chi connectivity index (χ2v) is 5.87. The molecule has 2 atom stereocenters. The quantitative estimate of drug-likeness (QED) is 0.580. The SMILES string of the molecule is C=CCc1ccc2c(OCC3CO3)cccc2c1OC1CCO1. The van der Waals surface area contributed by atoms with E-state index in [9.17, 15) is 0 Å². The van der Waals surface area contributed by atoms with E-state index in [4.69, 9.17) is 18.9 Å². The molecule has 0 amide bonds. The van der Waals surface area contributed by atoms with Crippen LogP contribution in [0.15, 0.2) is 43.0 Å². The molecule has 120 valence electrons. The molecule has 23 heavy (non-hydrogen) atoms. The first-order valence-corrected chi connectivity index (χ1v) is 8.03. The maximum atomic E-state index is 6.09. The van der Waals surface area contributed by atoms with E-state index in [0.29, 0.717) is 6.61 Å². The Balaban J connectivity index is 1.72. The monoisotopic (exact) mass is 312 g/mol. The van der Waals surface area contributed by atoms with Gasteiger partial charge in [-0.25, -0.2) is 0 Å². The van der Waals surface area contributed by atoms with Crippen LogP contribution in [0.4, 0.5) is 0 Å². The van der Waals surface area contributed by atoms with Crippen molar-refractivity contribution < 1.29 is 18.9 Å². The summed E-state index contributed by atoms with van der Waals surface area (Å²) < 4.78 is 22.7. The Kier molecular flexibility index (Phi) is 3.93. The third kappa shape index (κ3) is 3.05. The van der Waals surface area contributed by atoms with E-state index in [1.165, 1.54) is 0 Å². The predicted molar refractivity (Wildman–Crippen MR) is 88.1 cm³/mol. The van der Waals surface area contributed by atoms with Crippen LogP contribution < -0.4 is 9.47 Å². The third-order valence-corrected chi connectivity index (χ3v) is 4.15. The van der Waals surface area contributed by atoms with Crippen LogP contribution in [0.25, 0.3) is 10.8 Å². The van der Waals surface area contributed by atoms with E-state index in [1.807, 2.05) is 18.2 Å². The van der Waals surface area contributed by atoms with Crippen LogP contribution in [0.5, 0.6) is 11.5 Å². The van der Waals surface area contributed by atoms with Gasteiger partial charge in [0.15, 0.2) is 0 Å². The molecule has 2 aromatic rings. The van der Waals surface area contributed by atoms with Gasteiger partial charge in [0.25, 0.3) is 0 Å². The number of hydrogen-bond acceptors (Lipinski definition) is 4. The molecule has 2 aliphatic rings. The number of hydrogen-bond donors (Lipinski definition) is 0. The topological polar surface area (TPSA) is 40.2 Å². The van der Waals surface area contributed by atoms with Gasteiger partial charge in [-0.15, -0.1) is 6.58 Å². The van der Waals surface area contributed by atoms with Crippen LogP contribution in [0.2, 0.25) is 0 Å². The highest BCUT2D eigenvalue weighted by Crippen LogP contribution is 2.37. The van der Waals surface area contributed by atoms with E-state index in [0.717, 1.165) is 53.9 Å². The molecule has 0 bridgehead atoms.